The van der Waals surface area contributed by atoms with Gasteiger partial charge < -0.3 is 5.32 Å². The molecular formula is C18H13ClFIN2O3S. The monoisotopic (exact) mass is 518 g/mol. The molecule has 1 unspecified atom stereocenters. The van der Waals surface area contributed by atoms with Crippen molar-refractivity contribution in [2.45, 2.75) is 18.2 Å². The van der Waals surface area contributed by atoms with Gasteiger partial charge in [0.05, 0.1) is 15.8 Å². The summed E-state index contributed by atoms with van der Waals surface area (Å²) >= 11 is 9.08. The third-order valence-electron chi connectivity index (χ3n) is 3.91. The Balaban J connectivity index is 1.68. The van der Waals surface area contributed by atoms with Crippen LogP contribution >= 0.6 is 46.0 Å². The third-order valence-corrected chi connectivity index (χ3v) is 5.88. The van der Waals surface area contributed by atoms with E-state index in [1.807, 2.05) is 0 Å². The van der Waals surface area contributed by atoms with E-state index in [1.54, 1.807) is 30.3 Å². The fourth-order valence-corrected chi connectivity index (χ4v) is 4.38. The Labute approximate surface area is 177 Å². The van der Waals surface area contributed by atoms with Gasteiger partial charge in [0.1, 0.15) is 5.82 Å². The van der Waals surface area contributed by atoms with Crippen LogP contribution in [0, 0.1) is 9.39 Å². The summed E-state index contributed by atoms with van der Waals surface area (Å²) in [4.78, 5) is 35.2. The summed E-state index contributed by atoms with van der Waals surface area (Å²) in [6.45, 7) is -0.0240. The second-order valence-electron chi connectivity index (χ2n) is 5.82. The van der Waals surface area contributed by atoms with Gasteiger partial charge in [0.15, 0.2) is 0 Å². The molecule has 1 aliphatic rings. The zero-order valence-corrected chi connectivity index (χ0v) is 17.5. The summed E-state index contributed by atoms with van der Waals surface area (Å²) < 4.78 is 15.0. The van der Waals surface area contributed by atoms with Crippen LogP contribution in [0.3, 0.4) is 0 Å². The zero-order valence-electron chi connectivity index (χ0n) is 13.7. The van der Waals surface area contributed by atoms with E-state index in [0.717, 1.165) is 15.3 Å². The summed E-state index contributed by atoms with van der Waals surface area (Å²) in [5.41, 5.74) is 1.30. The first-order valence-corrected chi connectivity index (χ1v) is 10.2. The molecule has 27 heavy (non-hydrogen) atoms. The minimum Gasteiger partial charge on any atom is -0.348 e. The van der Waals surface area contributed by atoms with Gasteiger partial charge in [0, 0.05) is 15.7 Å². The Kier molecular flexibility index (Phi) is 6.38. The normalized spacial score (nSPS) is 16.3. The lowest BCUT2D eigenvalue weighted by atomic mass is 10.0. The molecule has 0 aromatic heterocycles. The third kappa shape index (κ3) is 4.99. The summed E-state index contributed by atoms with van der Waals surface area (Å²) in [7, 11) is 0. The lowest BCUT2D eigenvalue weighted by molar-refractivity contribution is -0.118. The molecule has 0 saturated carbocycles. The molecule has 1 atom stereocenters. The number of hydrogen-bond acceptors (Lipinski definition) is 4. The molecule has 0 spiro atoms. The van der Waals surface area contributed by atoms with Crippen molar-refractivity contribution in [3.63, 3.8) is 0 Å². The number of imide groups is 1. The lowest BCUT2D eigenvalue weighted by Gasteiger charge is -2.11. The van der Waals surface area contributed by atoms with Gasteiger partial charge in [-0.15, -0.1) is 0 Å². The standard InChI is InChI=1S/C18H13ClFIN2O3S/c19-13-7-11(21)2-3-12(13)16(24)22-8-10-5-9(1-4-14(10)20)6-15-17(25)23-18(26)27-15/h1-5,7,15H,6,8H2,(H,22,24)(H,23,25,26). The molecule has 1 heterocycles. The quantitative estimate of drug-likeness (QED) is 0.589. The molecule has 1 aliphatic heterocycles. The van der Waals surface area contributed by atoms with E-state index in [1.165, 1.54) is 6.07 Å². The SMILES string of the molecule is O=C1NC(=O)C(Cc2ccc(F)c(CNC(=O)c3ccc(I)cc3Cl)c2)S1. The molecule has 2 aromatic carbocycles. The first kappa shape index (κ1) is 20.1. The molecule has 3 amide bonds. The first-order chi connectivity index (χ1) is 12.8. The number of carbonyl (C=O) groups is 3. The topological polar surface area (TPSA) is 75.3 Å². The van der Waals surface area contributed by atoms with Crippen molar-refractivity contribution in [3.05, 3.63) is 67.5 Å². The first-order valence-electron chi connectivity index (χ1n) is 7.85. The molecule has 0 bridgehead atoms. The molecule has 0 radical (unpaired) electrons. The second kappa shape index (κ2) is 8.57. The van der Waals surface area contributed by atoms with Crippen molar-refractivity contribution < 1.29 is 18.8 Å². The van der Waals surface area contributed by atoms with Crippen LogP contribution in [-0.4, -0.2) is 22.3 Å². The van der Waals surface area contributed by atoms with Gasteiger partial charge in [-0.2, -0.15) is 0 Å². The molecule has 1 saturated heterocycles. The largest absolute Gasteiger partial charge is 0.348 e. The molecule has 2 N–H and O–H groups in total. The maximum absolute atomic E-state index is 14.1. The number of benzene rings is 2. The van der Waals surface area contributed by atoms with Crippen LogP contribution in [0.1, 0.15) is 21.5 Å². The maximum atomic E-state index is 14.1. The van der Waals surface area contributed by atoms with Crippen molar-refractivity contribution in [2.24, 2.45) is 0 Å². The van der Waals surface area contributed by atoms with Gasteiger partial charge in [0.25, 0.3) is 11.1 Å². The number of nitrogens with one attached hydrogen (secondary N) is 2. The highest BCUT2D eigenvalue weighted by Crippen LogP contribution is 2.24. The highest BCUT2D eigenvalue weighted by molar-refractivity contribution is 14.1. The number of carbonyl (C=O) groups excluding carboxylic acids is 3. The van der Waals surface area contributed by atoms with Crippen molar-refractivity contribution in [1.29, 1.82) is 0 Å². The van der Waals surface area contributed by atoms with E-state index < -0.39 is 17.0 Å². The Hall–Kier alpha value is -1.65. The fraction of sp³-hybridized carbons (Fsp3) is 0.167. The van der Waals surface area contributed by atoms with Crippen molar-refractivity contribution in [2.75, 3.05) is 0 Å². The van der Waals surface area contributed by atoms with Crippen LogP contribution in [0.5, 0.6) is 0 Å². The van der Waals surface area contributed by atoms with E-state index >= 15 is 0 Å². The number of amides is 3. The van der Waals surface area contributed by atoms with Gasteiger partial charge >= 0.3 is 0 Å². The fourth-order valence-electron chi connectivity index (χ4n) is 2.58. The number of hydrogen-bond donors (Lipinski definition) is 2. The highest BCUT2D eigenvalue weighted by atomic mass is 127. The number of thioether (sulfide) groups is 1. The summed E-state index contributed by atoms with van der Waals surface area (Å²) in [5, 5.41) is 4.28. The molecule has 1 fully saturated rings. The maximum Gasteiger partial charge on any atom is 0.286 e. The van der Waals surface area contributed by atoms with E-state index in [4.69, 9.17) is 11.6 Å². The van der Waals surface area contributed by atoms with Crippen LogP contribution in [0.2, 0.25) is 5.02 Å². The smallest absolute Gasteiger partial charge is 0.286 e. The summed E-state index contributed by atoms with van der Waals surface area (Å²) in [5.74, 6) is -1.22. The average Bonchev–Trinajstić information content (AvgIpc) is 2.92. The van der Waals surface area contributed by atoms with E-state index in [2.05, 4.69) is 33.2 Å². The van der Waals surface area contributed by atoms with Gasteiger partial charge in [0.2, 0.25) is 5.91 Å². The Morgan fingerprint density at radius 3 is 2.70 bits per heavy atom. The van der Waals surface area contributed by atoms with Crippen molar-refractivity contribution in [3.8, 4) is 0 Å². The molecule has 2 aromatic rings. The van der Waals surface area contributed by atoms with Crippen LogP contribution in [0.4, 0.5) is 9.18 Å². The van der Waals surface area contributed by atoms with Crippen LogP contribution in [0.15, 0.2) is 36.4 Å². The highest BCUT2D eigenvalue weighted by Gasteiger charge is 2.31. The minimum absolute atomic E-state index is 0.0240. The Morgan fingerprint density at radius 2 is 2.04 bits per heavy atom. The van der Waals surface area contributed by atoms with Crippen molar-refractivity contribution in [1.82, 2.24) is 10.6 Å². The van der Waals surface area contributed by atoms with Crippen LogP contribution in [0.25, 0.3) is 0 Å². The van der Waals surface area contributed by atoms with E-state index in [-0.39, 0.29) is 23.3 Å². The number of halogens is 3. The van der Waals surface area contributed by atoms with Crippen LogP contribution < -0.4 is 10.6 Å². The average molecular weight is 519 g/mol. The molecule has 0 aliphatic carbocycles. The summed E-state index contributed by atoms with van der Waals surface area (Å²) in [6, 6.07) is 9.47. The van der Waals surface area contributed by atoms with E-state index in [0.29, 0.717) is 22.6 Å². The summed E-state index contributed by atoms with van der Waals surface area (Å²) in [6.07, 6.45) is 0.298. The number of rotatable bonds is 5. The van der Waals surface area contributed by atoms with Gasteiger partial charge in [-0.25, -0.2) is 4.39 Å². The predicted octanol–water partition coefficient (Wildman–Crippen LogP) is 3.91. The molecular weight excluding hydrogens is 506 g/mol. The van der Waals surface area contributed by atoms with Crippen molar-refractivity contribution >= 4 is 63.0 Å². The van der Waals surface area contributed by atoms with Gasteiger partial charge in [-0.05, 0) is 58.8 Å². The second-order valence-corrected chi connectivity index (χ2v) is 8.65. The minimum atomic E-state index is -0.531. The van der Waals surface area contributed by atoms with E-state index in [9.17, 15) is 18.8 Å². The molecule has 3 rings (SSSR count). The lowest BCUT2D eigenvalue weighted by Crippen LogP contribution is -2.26. The molecule has 9 heteroatoms. The van der Waals surface area contributed by atoms with Gasteiger partial charge in [-0.3, -0.25) is 19.7 Å². The van der Waals surface area contributed by atoms with Crippen LogP contribution in [-0.2, 0) is 17.8 Å². The Morgan fingerprint density at radius 1 is 1.26 bits per heavy atom. The Bertz CT molecular complexity index is 941. The molecule has 5 nitrogen and oxygen atoms in total. The zero-order chi connectivity index (χ0) is 19.6. The predicted molar refractivity (Wildman–Crippen MR) is 110 cm³/mol. The molecule has 140 valence electrons. The van der Waals surface area contributed by atoms with Gasteiger partial charge in [-0.1, -0.05) is 35.5 Å².